The second-order valence-electron chi connectivity index (χ2n) is 4.89. The first-order valence-corrected chi connectivity index (χ1v) is 7.31. The Kier molecular flexibility index (Phi) is 5.69. The van der Waals surface area contributed by atoms with E-state index < -0.39 is 0 Å². The number of aromatic nitrogens is 2. The van der Waals surface area contributed by atoms with Crippen LogP contribution in [-0.4, -0.2) is 34.4 Å². The van der Waals surface area contributed by atoms with E-state index in [1.807, 2.05) is 18.2 Å². The van der Waals surface area contributed by atoms with E-state index in [4.69, 9.17) is 11.6 Å². The normalized spacial score (nSPS) is 10.4. The van der Waals surface area contributed by atoms with E-state index in [0.29, 0.717) is 12.2 Å². The third-order valence-corrected chi connectivity index (χ3v) is 3.43. The Morgan fingerprint density at radius 1 is 1.14 bits per heavy atom. The molecule has 4 nitrogen and oxygen atoms in total. The summed E-state index contributed by atoms with van der Waals surface area (Å²) in [6.07, 6.45) is 5.83. The molecule has 1 aromatic heterocycles. The number of amides is 1. The Morgan fingerprint density at radius 3 is 2.57 bits per heavy atom. The zero-order valence-corrected chi connectivity index (χ0v) is 12.8. The number of unbranched alkanes of at least 4 members (excludes halogenated alkanes) is 1. The number of nitrogens with zero attached hydrogens (tertiary/aromatic N) is 3. The molecule has 0 aliphatic heterocycles. The van der Waals surface area contributed by atoms with Crippen molar-refractivity contribution in [2.75, 3.05) is 13.6 Å². The van der Waals surface area contributed by atoms with Gasteiger partial charge in [0.25, 0.3) is 5.91 Å². The van der Waals surface area contributed by atoms with Crippen LogP contribution in [-0.2, 0) is 6.42 Å². The lowest BCUT2D eigenvalue weighted by atomic mass is 10.1. The Hall–Kier alpha value is -1.94. The highest BCUT2D eigenvalue weighted by Gasteiger charge is 2.12. The number of rotatable bonds is 6. The summed E-state index contributed by atoms with van der Waals surface area (Å²) in [6, 6.07) is 10.4. The maximum Gasteiger partial charge on any atom is 0.273 e. The highest BCUT2D eigenvalue weighted by molar-refractivity contribution is 6.29. The molecule has 1 amide bonds. The molecule has 21 heavy (non-hydrogen) atoms. The highest BCUT2D eigenvalue weighted by Crippen LogP contribution is 2.07. The highest BCUT2D eigenvalue weighted by atomic mass is 35.5. The Bertz CT molecular complexity index is 572. The predicted octanol–water partition coefficient (Wildman–Crippen LogP) is 3.22. The summed E-state index contributed by atoms with van der Waals surface area (Å²) in [6.45, 7) is 0.704. The molecule has 0 spiro atoms. The zero-order chi connectivity index (χ0) is 15.1. The van der Waals surface area contributed by atoms with Crippen molar-refractivity contribution < 1.29 is 4.79 Å². The topological polar surface area (TPSA) is 46.1 Å². The van der Waals surface area contributed by atoms with Gasteiger partial charge in [0.2, 0.25) is 0 Å². The average molecular weight is 304 g/mol. The molecule has 5 heteroatoms. The van der Waals surface area contributed by atoms with Crippen LogP contribution in [0.3, 0.4) is 0 Å². The van der Waals surface area contributed by atoms with Crippen molar-refractivity contribution in [3.63, 3.8) is 0 Å². The van der Waals surface area contributed by atoms with Gasteiger partial charge in [-0.15, -0.1) is 0 Å². The predicted molar refractivity (Wildman–Crippen MR) is 83.4 cm³/mol. The van der Waals surface area contributed by atoms with E-state index in [9.17, 15) is 4.79 Å². The smallest absolute Gasteiger partial charge is 0.273 e. The lowest BCUT2D eigenvalue weighted by Crippen LogP contribution is -2.28. The maximum atomic E-state index is 12.1. The summed E-state index contributed by atoms with van der Waals surface area (Å²) >= 11 is 5.66. The zero-order valence-electron chi connectivity index (χ0n) is 12.0. The number of carbonyl (C=O) groups is 1. The van der Waals surface area contributed by atoms with Crippen LogP contribution in [0, 0.1) is 0 Å². The van der Waals surface area contributed by atoms with Crippen molar-refractivity contribution >= 4 is 17.5 Å². The van der Waals surface area contributed by atoms with Crippen LogP contribution in [0.15, 0.2) is 42.7 Å². The first-order chi connectivity index (χ1) is 10.2. The standard InChI is InChI=1S/C16H18ClN3O/c1-20(16(21)14-11-19-15(17)12-18-14)10-6-5-9-13-7-3-2-4-8-13/h2-4,7-8,11-12H,5-6,9-10H2,1H3. The SMILES string of the molecule is CN(CCCCc1ccccc1)C(=O)c1cnc(Cl)cn1. The first kappa shape index (κ1) is 15.4. The van der Waals surface area contributed by atoms with Crippen molar-refractivity contribution in [1.82, 2.24) is 14.9 Å². The molecule has 0 aliphatic carbocycles. The van der Waals surface area contributed by atoms with Gasteiger partial charge >= 0.3 is 0 Å². The molecule has 0 saturated carbocycles. The summed E-state index contributed by atoms with van der Waals surface area (Å²) in [5.41, 5.74) is 1.65. The molecule has 0 aliphatic rings. The van der Waals surface area contributed by atoms with Gasteiger partial charge in [-0.2, -0.15) is 0 Å². The fourth-order valence-corrected chi connectivity index (χ4v) is 2.14. The molecule has 0 unspecified atom stereocenters. The Balaban J connectivity index is 1.75. The molecule has 2 aromatic rings. The number of hydrogen-bond acceptors (Lipinski definition) is 3. The number of aryl methyl sites for hydroxylation is 1. The fourth-order valence-electron chi connectivity index (χ4n) is 2.04. The molecule has 0 saturated heterocycles. The van der Waals surface area contributed by atoms with Crippen LogP contribution in [0.1, 0.15) is 28.9 Å². The van der Waals surface area contributed by atoms with Crippen molar-refractivity contribution in [1.29, 1.82) is 0 Å². The second-order valence-corrected chi connectivity index (χ2v) is 5.28. The fraction of sp³-hybridized carbons (Fsp3) is 0.312. The van der Waals surface area contributed by atoms with Gasteiger partial charge in [-0.05, 0) is 24.8 Å². The van der Waals surface area contributed by atoms with Crippen molar-refractivity contribution in [2.45, 2.75) is 19.3 Å². The van der Waals surface area contributed by atoms with Gasteiger partial charge in [0.1, 0.15) is 10.8 Å². The molecule has 2 rings (SSSR count). The third kappa shape index (κ3) is 4.83. The van der Waals surface area contributed by atoms with E-state index in [2.05, 4.69) is 22.1 Å². The quantitative estimate of drug-likeness (QED) is 0.770. The summed E-state index contributed by atoms with van der Waals surface area (Å²) in [5, 5.41) is 0.289. The van der Waals surface area contributed by atoms with Gasteiger partial charge in [-0.25, -0.2) is 9.97 Å². The van der Waals surface area contributed by atoms with Crippen LogP contribution in [0.5, 0.6) is 0 Å². The van der Waals surface area contributed by atoms with Crippen LogP contribution >= 0.6 is 11.6 Å². The van der Waals surface area contributed by atoms with E-state index in [0.717, 1.165) is 19.3 Å². The van der Waals surface area contributed by atoms with Crippen LogP contribution < -0.4 is 0 Å². The van der Waals surface area contributed by atoms with Crippen molar-refractivity contribution in [2.24, 2.45) is 0 Å². The minimum Gasteiger partial charge on any atom is -0.340 e. The molecule has 110 valence electrons. The Morgan fingerprint density at radius 2 is 1.90 bits per heavy atom. The molecular formula is C16H18ClN3O. The van der Waals surface area contributed by atoms with Gasteiger partial charge in [-0.3, -0.25) is 4.79 Å². The summed E-state index contributed by atoms with van der Waals surface area (Å²) in [7, 11) is 1.78. The molecule has 0 bridgehead atoms. The van der Waals surface area contributed by atoms with Crippen molar-refractivity contribution in [3.8, 4) is 0 Å². The molecule has 0 fully saturated rings. The summed E-state index contributed by atoms with van der Waals surface area (Å²) in [5.74, 6) is -0.126. The molecule has 1 heterocycles. The van der Waals surface area contributed by atoms with E-state index >= 15 is 0 Å². The van der Waals surface area contributed by atoms with Crippen molar-refractivity contribution in [3.05, 3.63) is 59.1 Å². The number of halogens is 1. The minimum atomic E-state index is -0.126. The van der Waals surface area contributed by atoms with Gasteiger partial charge in [0, 0.05) is 13.6 Å². The number of carbonyl (C=O) groups excluding carboxylic acids is 1. The number of hydrogen-bond donors (Lipinski definition) is 0. The monoisotopic (exact) mass is 303 g/mol. The number of benzene rings is 1. The van der Waals surface area contributed by atoms with E-state index in [1.54, 1.807) is 11.9 Å². The van der Waals surface area contributed by atoms with Gasteiger partial charge in [-0.1, -0.05) is 41.9 Å². The summed E-state index contributed by atoms with van der Waals surface area (Å²) < 4.78 is 0. The van der Waals surface area contributed by atoms with Crippen LogP contribution in [0.4, 0.5) is 0 Å². The van der Waals surface area contributed by atoms with E-state index in [-0.39, 0.29) is 11.1 Å². The molecule has 1 aromatic carbocycles. The van der Waals surface area contributed by atoms with Gasteiger partial charge < -0.3 is 4.90 Å². The molecule has 0 radical (unpaired) electrons. The third-order valence-electron chi connectivity index (χ3n) is 3.24. The van der Waals surface area contributed by atoms with Crippen LogP contribution in [0.25, 0.3) is 0 Å². The van der Waals surface area contributed by atoms with Crippen LogP contribution in [0.2, 0.25) is 5.15 Å². The minimum absolute atomic E-state index is 0.126. The molecule has 0 N–H and O–H groups in total. The lowest BCUT2D eigenvalue weighted by molar-refractivity contribution is 0.0786. The van der Waals surface area contributed by atoms with Gasteiger partial charge in [0.05, 0.1) is 12.4 Å². The van der Waals surface area contributed by atoms with E-state index in [1.165, 1.54) is 18.0 Å². The lowest BCUT2D eigenvalue weighted by Gasteiger charge is -2.16. The maximum absolute atomic E-state index is 12.1. The molecular weight excluding hydrogens is 286 g/mol. The average Bonchev–Trinajstić information content (AvgIpc) is 2.52. The summed E-state index contributed by atoms with van der Waals surface area (Å²) in [4.78, 5) is 21.6. The molecule has 0 atom stereocenters. The Labute approximate surface area is 129 Å². The second kappa shape index (κ2) is 7.74. The van der Waals surface area contributed by atoms with Gasteiger partial charge in [0.15, 0.2) is 0 Å². The first-order valence-electron chi connectivity index (χ1n) is 6.94. The largest absolute Gasteiger partial charge is 0.340 e.